The van der Waals surface area contributed by atoms with Crippen molar-refractivity contribution in [2.24, 2.45) is 0 Å². The number of anilines is 1. The Morgan fingerprint density at radius 2 is 2.00 bits per heavy atom. The summed E-state index contributed by atoms with van der Waals surface area (Å²) in [4.78, 5) is 12.5. The van der Waals surface area contributed by atoms with E-state index >= 15 is 0 Å². The molecule has 1 saturated carbocycles. The minimum Gasteiger partial charge on any atom is -0.421 e. The second kappa shape index (κ2) is 7.31. The number of carbonyl (C=O) groups is 1. The summed E-state index contributed by atoms with van der Waals surface area (Å²) in [6.07, 6.45) is 6.86. The Labute approximate surface area is 158 Å². The highest BCUT2D eigenvalue weighted by molar-refractivity contribution is 5.91. The van der Waals surface area contributed by atoms with Crippen LogP contribution in [-0.2, 0) is 4.74 Å². The lowest BCUT2D eigenvalue weighted by atomic mass is 9.82. The van der Waals surface area contributed by atoms with E-state index in [-0.39, 0.29) is 17.7 Å². The van der Waals surface area contributed by atoms with Crippen molar-refractivity contribution in [3.05, 3.63) is 29.7 Å². The molecule has 2 N–H and O–H groups in total. The van der Waals surface area contributed by atoms with Gasteiger partial charge in [0, 0.05) is 18.2 Å². The van der Waals surface area contributed by atoms with Gasteiger partial charge in [0.25, 0.3) is 0 Å². The highest BCUT2D eigenvalue weighted by Gasteiger charge is 2.41. The number of hydrogen-bond donors (Lipinski definition) is 2. The number of ether oxygens (including phenoxy) is 1. The van der Waals surface area contributed by atoms with E-state index in [1.54, 1.807) is 6.92 Å². The molecule has 2 aliphatic rings. The normalized spacial score (nSPS) is 21.3. The van der Waals surface area contributed by atoms with Gasteiger partial charge in [0.2, 0.25) is 11.8 Å². The summed E-state index contributed by atoms with van der Waals surface area (Å²) in [5.41, 5.74) is 2.47. The fourth-order valence-corrected chi connectivity index (χ4v) is 4.13. The maximum atomic E-state index is 12.5. The van der Waals surface area contributed by atoms with Gasteiger partial charge in [-0.3, -0.25) is 0 Å². The SMILES string of the molecule is Cc1nnc(-c2ccc(C)c(NC(=O)N[C@@H]3COC4(CCCCC4)C3)c2)o1. The van der Waals surface area contributed by atoms with Crippen molar-refractivity contribution >= 4 is 11.7 Å². The zero-order valence-electron chi connectivity index (χ0n) is 15.9. The second-order valence-corrected chi connectivity index (χ2v) is 7.71. The molecule has 4 rings (SSSR count). The molecule has 1 aromatic carbocycles. The fraction of sp³-hybridized carbons (Fsp3) is 0.550. The molecule has 0 unspecified atom stereocenters. The van der Waals surface area contributed by atoms with Crippen LogP contribution in [0.25, 0.3) is 11.5 Å². The van der Waals surface area contributed by atoms with Gasteiger partial charge in [-0.15, -0.1) is 10.2 Å². The molecule has 1 spiro atoms. The molecule has 0 radical (unpaired) electrons. The fourth-order valence-electron chi connectivity index (χ4n) is 4.13. The first kappa shape index (κ1) is 18.0. The predicted molar refractivity (Wildman–Crippen MR) is 102 cm³/mol. The summed E-state index contributed by atoms with van der Waals surface area (Å²) < 4.78 is 11.6. The zero-order chi connectivity index (χ0) is 18.9. The molecule has 7 heteroatoms. The topological polar surface area (TPSA) is 89.3 Å². The minimum atomic E-state index is -0.210. The van der Waals surface area contributed by atoms with Gasteiger partial charge >= 0.3 is 6.03 Å². The minimum absolute atomic E-state index is 0.0121. The zero-order valence-corrected chi connectivity index (χ0v) is 15.9. The largest absolute Gasteiger partial charge is 0.421 e. The van der Waals surface area contributed by atoms with E-state index < -0.39 is 0 Å². The molecule has 2 amide bonds. The first-order chi connectivity index (χ1) is 13.0. The molecule has 7 nitrogen and oxygen atoms in total. The number of benzene rings is 1. The van der Waals surface area contributed by atoms with Crippen LogP contribution in [0.4, 0.5) is 10.5 Å². The molecule has 1 aliphatic heterocycles. The highest BCUT2D eigenvalue weighted by atomic mass is 16.5. The Balaban J connectivity index is 1.39. The lowest BCUT2D eigenvalue weighted by Crippen LogP contribution is -2.39. The molecule has 1 atom stereocenters. The third-order valence-corrected chi connectivity index (χ3v) is 5.57. The Kier molecular flexibility index (Phi) is 4.86. The average molecular weight is 370 g/mol. The number of nitrogens with zero attached hydrogens (tertiary/aromatic N) is 2. The van der Waals surface area contributed by atoms with Crippen molar-refractivity contribution in [3.8, 4) is 11.5 Å². The van der Waals surface area contributed by atoms with Crippen molar-refractivity contribution in [3.63, 3.8) is 0 Å². The van der Waals surface area contributed by atoms with Crippen LogP contribution in [0.15, 0.2) is 22.6 Å². The van der Waals surface area contributed by atoms with Crippen LogP contribution in [0.2, 0.25) is 0 Å². The third-order valence-electron chi connectivity index (χ3n) is 5.57. The number of nitrogens with one attached hydrogen (secondary N) is 2. The average Bonchev–Trinajstić information content (AvgIpc) is 3.24. The predicted octanol–water partition coefficient (Wildman–Crippen LogP) is 3.97. The van der Waals surface area contributed by atoms with Crippen molar-refractivity contribution in [2.75, 3.05) is 11.9 Å². The van der Waals surface area contributed by atoms with E-state index in [1.165, 1.54) is 19.3 Å². The van der Waals surface area contributed by atoms with Crippen LogP contribution in [0.5, 0.6) is 0 Å². The molecule has 144 valence electrons. The third kappa shape index (κ3) is 3.98. The number of hydrogen-bond acceptors (Lipinski definition) is 5. The van der Waals surface area contributed by atoms with Crippen LogP contribution in [0, 0.1) is 13.8 Å². The Morgan fingerprint density at radius 3 is 2.74 bits per heavy atom. The lowest BCUT2D eigenvalue weighted by molar-refractivity contribution is -0.0245. The first-order valence-electron chi connectivity index (χ1n) is 9.66. The molecule has 27 heavy (non-hydrogen) atoms. The summed E-state index contributed by atoms with van der Waals surface area (Å²) in [6, 6.07) is 5.54. The van der Waals surface area contributed by atoms with E-state index in [1.807, 2.05) is 25.1 Å². The molecule has 2 fully saturated rings. The van der Waals surface area contributed by atoms with E-state index in [4.69, 9.17) is 9.15 Å². The van der Waals surface area contributed by atoms with Gasteiger partial charge in [-0.1, -0.05) is 25.3 Å². The van der Waals surface area contributed by atoms with Crippen LogP contribution in [0.3, 0.4) is 0 Å². The quantitative estimate of drug-likeness (QED) is 0.853. The number of urea groups is 1. The summed E-state index contributed by atoms with van der Waals surface area (Å²) >= 11 is 0. The lowest BCUT2D eigenvalue weighted by Gasteiger charge is -2.32. The van der Waals surface area contributed by atoms with Crippen LogP contribution in [0.1, 0.15) is 50.0 Å². The summed E-state index contributed by atoms with van der Waals surface area (Å²) in [7, 11) is 0. The van der Waals surface area contributed by atoms with Crippen molar-refractivity contribution in [1.82, 2.24) is 15.5 Å². The van der Waals surface area contributed by atoms with E-state index in [0.29, 0.717) is 18.4 Å². The van der Waals surface area contributed by atoms with Gasteiger partial charge in [0.1, 0.15) is 0 Å². The van der Waals surface area contributed by atoms with E-state index in [0.717, 1.165) is 36.1 Å². The van der Waals surface area contributed by atoms with Crippen LogP contribution >= 0.6 is 0 Å². The van der Waals surface area contributed by atoms with Gasteiger partial charge in [0.15, 0.2) is 0 Å². The van der Waals surface area contributed by atoms with Crippen molar-refractivity contribution in [1.29, 1.82) is 0 Å². The molecule has 1 aromatic heterocycles. The maximum absolute atomic E-state index is 12.5. The van der Waals surface area contributed by atoms with E-state index in [2.05, 4.69) is 20.8 Å². The molecule has 1 aliphatic carbocycles. The smallest absolute Gasteiger partial charge is 0.319 e. The standard InChI is InChI=1S/C20H26N4O3/c1-13-6-7-15(18-24-23-14(2)27-18)10-17(13)22-19(25)21-16-11-20(26-12-16)8-4-3-5-9-20/h6-7,10,16H,3-5,8-9,11-12H2,1-2H3,(H2,21,22,25)/t16-/m0/s1. The molecule has 0 bridgehead atoms. The van der Waals surface area contributed by atoms with Crippen molar-refractivity contribution < 1.29 is 13.9 Å². The number of aromatic nitrogens is 2. The molecule has 2 aromatic rings. The Morgan fingerprint density at radius 1 is 1.19 bits per heavy atom. The molecular weight excluding hydrogens is 344 g/mol. The van der Waals surface area contributed by atoms with Gasteiger partial charge in [-0.2, -0.15) is 0 Å². The summed E-state index contributed by atoms with van der Waals surface area (Å²) in [5, 5.41) is 13.9. The summed E-state index contributed by atoms with van der Waals surface area (Å²) in [5.74, 6) is 0.954. The Bertz CT molecular complexity index is 826. The monoisotopic (exact) mass is 370 g/mol. The molecule has 2 heterocycles. The van der Waals surface area contributed by atoms with Gasteiger partial charge < -0.3 is 19.8 Å². The summed E-state index contributed by atoms with van der Waals surface area (Å²) in [6.45, 7) is 4.29. The van der Waals surface area contributed by atoms with Crippen LogP contribution < -0.4 is 10.6 Å². The van der Waals surface area contributed by atoms with Gasteiger partial charge in [-0.05, 0) is 43.9 Å². The van der Waals surface area contributed by atoms with Crippen molar-refractivity contribution in [2.45, 2.75) is 64.0 Å². The Hall–Kier alpha value is -2.41. The van der Waals surface area contributed by atoms with E-state index in [9.17, 15) is 4.79 Å². The number of aryl methyl sites for hydroxylation is 2. The number of rotatable bonds is 3. The number of carbonyl (C=O) groups excluding carboxylic acids is 1. The number of amides is 2. The second-order valence-electron chi connectivity index (χ2n) is 7.71. The highest BCUT2D eigenvalue weighted by Crippen LogP contribution is 2.39. The van der Waals surface area contributed by atoms with Gasteiger partial charge in [-0.25, -0.2) is 4.79 Å². The first-order valence-corrected chi connectivity index (χ1v) is 9.66. The molecular formula is C20H26N4O3. The maximum Gasteiger partial charge on any atom is 0.319 e. The van der Waals surface area contributed by atoms with Gasteiger partial charge in [0.05, 0.1) is 18.2 Å². The van der Waals surface area contributed by atoms with Crippen LogP contribution in [-0.4, -0.2) is 34.5 Å². The molecule has 1 saturated heterocycles.